The highest BCUT2D eigenvalue weighted by Crippen LogP contribution is 2.23. The number of aliphatic hydroxyl groups is 1. The lowest BCUT2D eigenvalue weighted by Gasteiger charge is -2.13. The predicted molar refractivity (Wildman–Crippen MR) is 44.6 cm³/mol. The molecule has 0 aromatic carbocycles. The van der Waals surface area contributed by atoms with Crippen LogP contribution in [0.5, 0.6) is 0 Å². The van der Waals surface area contributed by atoms with E-state index in [1.807, 2.05) is 0 Å². The summed E-state index contributed by atoms with van der Waals surface area (Å²) in [4.78, 5) is 11.1. The van der Waals surface area contributed by atoms with Gasteiger partial charge in [0.15, 0.2) is 0 Å². The Morgan fingerprint density at radius 1 is 1.42 bits per heavy atom. The number of rotatable bonds is 1. The Morgan fingerprint density at radius 3 is 2.75 bits per heavy atom. The molecule has 0 aliphatic heterocycles. The molecule has 0 aromatic rings. The first-order valence-electron chi connectivity index (χ1n) is 4.50. The molecule has 1 N–H and O–H groups in total. The highest BCUT2D eigenvalue weighted by molar-refractivity contribution is 5.72. The Bertz CT molecular complexity index is 156. The van der Waals surface area contributed by atoms with Crippen molar-refractivity contribution in [3.8, 4) is 0 Å². The number of carbonyl (C=O) groups is 1. The molecule has 1 aliphatic rings. The lowest BCUT2D eigenvalue weighted by Crippen LogP contribution is -2.20. The van der Waals surface area contributed by atoms with Crippen molar-refractivity contribution >= 4 is 5.97 Å². The van der Waals surface area contributed by atoms with E-state index < -0.39 is 0 Å². The summed E-state index contributed by atoms with van der Waals surface area (Å²) >= 11 is 0. The van der Waals surface area contributed by atoms with Crippen molar-refractivity contribution in [3.05, 3.63) is 0 Å². The molecule has 12 heavy (non-hydrogen) atoms. The molecule has 1 saturated carbocycles. The van der Waals surface area contributed by atoms with Crippen LogP contribution in [0.1, 0.15) is 32.1 Å². The van der Waals surface area contributed by atoms with E-state index >= 15 is 0 Å². The third kappa shape index (κ3) is 2.48. The van der Waals surface area contributed by atoms with E-state index in [-0.39, 0.29) is 18.0 Å². The number of hydrogen-bond acceptors (Lipinski definition) is 3. The molecule has 70 valence electrons. The highest BCUT2D eigenvalue weighted by atomic mass is 16.5. The molecule has 0 bridgehead atoms. The zero-order valence-corrected chi connectivity index (χ0v) is 7.45. The lowest BCUT2D eigenvalue weighted by atomic mass is 10.00. The van der Waals surface area contributed by atoms with Gasteiger partial charge in [0.1, 0.15) is 0 Å². The first-order valence-corrected chi connectivity index (χ1v) is 4.50. The van der Waals surface area contributed by atoms with Crippen LogP contribution in [0.3, 0.4) is 0 Å². The molecular weight excluding hydrogens is 156 g/mol. The van der Waals surface area contributed by atoms with Crippen LogP contribution in [0.4, 0.5) is 0 Å². The minimum absolute atomic E-state index is 0.0764. The van der Waals surface area contributed by atoms with Gasteiger partial charge in [0.2, 0.25) is 0 Å². The number of esters is 1. The minimum atomic E-state index is -0.309. The van der Waals surface area contributed by atoms with Crippen LogP contribution >= 0.6 is 0 Å². The Kier molecular flexibility index (Phi) is 3.53. The molecule has 0 aromatic heterocycles. The van der Waals surface area contributed by atoms with E-state index in [4.69, 9.17) is 0 Å². The monoisotopic (exact) mass is 172 g/mol. The molecular formula is C9H16O3. The first-order chi connectivity index (χ1) is 5.74. The van der Waals surface area contributed by atoms with Crippen LogP contribution < -0.4 is 0 Å². The molecule has 1 rings (SSSR count). The summed E-state index contributed by atoms with van der Waals surface area (Å²) in [6, 6.07) is 0. The van der Waals surface area contributed by atoms with Gasteiger partial charge in [0.05, 0.1) is 19.1 Å². The van der Waals surface area contributed by atoms with Crippen molar-refractivity contribution < 1.29 is 14.6 Å². The average Bonchev–Trinajstić information content (AvgIpc) is 2.28. The van der Waals surface area contributed by atoms with E-state index in [2.05, 4.69) is 4.74 Å². The minimum Gasteiger partial charge on any atom is -0.469 e. The molecule has 0 saturated heterocycles. The molecule has 3 nitrogen and oxygen atoms in total. The standard InChI is InChI=1S/C9H16O3/c1-12-9(11)7-4-2-3-5-8(10)6-7/h7-8,10H,2-6H2,1H3/t7-,8+/m1/s1. The van der Waals surface area contributed by atoms with E-state index in [0.717, 1.165) is 25.7 Å². The lowest BCUT2D eigenvalue weighted by molar-refractivity contribution is -0.146. The molecule has 0 amide bonds. The van der Waals surface area contributed by atoms with Crippen LogP contribution in [0.25, 0.3) is 0 Å². The van der Waals surface area contributed by atoms with E-state index in [9.17, 15) is 9.90 Å². The Balaban J connectivity index is 2.46. The smallest absolute Gasteiger partial charge is 0.308 e. The topological polar surface area (TPSA) is 46.5 Å². The maximum Gasteiger partial charge on any atom is 0.308 e. The molecule has 0 heterocycles. The summed E-state index contributed by atoms with van der Waals surface area (Å²) in [6.45, 7) is 0. The molecule has 3 heteroatoms. The second-order valence-corrected chi connectivity index (χ2v) is 3.39. The third-order valence-corrected chi connectivity index (χ3v) is 2.43. The van der Waals surface area contributed by atoms with Crippen LogP contribution in [0.2, 0.25) is 0 Å². The molecule has 1 aliphatic carbocycles. The van der Waals surface area contributed by atoms with Gasteiger partial charge in [-0.1, -0.05) is 12.8 Å². The van der Waals surface area contributed by atoms with Crippen molar-refractivity contribution in [3.63, 3.8) is 0 Å². The second-order valence-electron chi connectivity index (χ2n) is 3.39. The summed E-state index contributed by atoms with van der Waals surface area (Å²) in [6.07, 6.45) is 4.01. The van der Waals surface area contributed by atoms with Gasteiger partial charge in [-0.15, -0.1) is 0 Å². The Morgan fingerprint density at radius 2 is 2.08 bits per heavy atom. The fourth-order valence-electron chi connectivity index (χ4n) is 1.72. The van der Waals surface area contributed by atoms with Gasteiger partial charge in [0.25, 0.3) is 0 Å². The third-order valence-electron chi connectivity index (χ3n) is 2.43. The van der Waals surface area contributed by atoms with Crippen molar-refractivity contribution in [1.82, 2.24) is 0 Å². The fraction of sp³-hybridized carbons (Fsp3) is 0.889. The van der Waals surface area contributed by atoms with Gasteiger partial charge >= 0.3 is 5.97 Å². The van der Waals surface area contributed by atoms with Gasteiger partial charge in [0, 0.05) is 0 Å². The molecule has 0 radical (unpaired) electrons. The molecule has 0 unspecified atom stereocenters. The van der Waals surface area contributed by atoms with Crippen molar-refractivity contribution in [2.45, 2.75) is 38.2 Å². The average molecular weight is 172 g/mol. The zero-order chi connectivity index (χ0) is 8.97. The Labute approximate surface area is 72.7 Å². The summed E-state index contributed by atoms with van der Waals surface area (Å²) in [5.74, 6) is -0.247. The Hall–Kier alpha value is -0.570. The summed E-state index contributed by atoms with van der Waals surface area (Å²) in [7, 11) is 1.40. The molecule has 0 spiro atoms. The van der Waals surface area contributed by atoms with Crippen LogP contribution in [-0.2, 0) is 9.53 Å². The summed E-state index contributed by atoms with van der Waals surface area (Å²) in [5, 5.41) is 9.40. The SMILES string of the molecule is COC(=O)[C@@H]1CCCC[C@H](O)C1. The predicted octanol–water partition coefficient (Wildman–Crippen LogP) is 1.10. The number of carbonyl (C=O) groups excluding carboxylic acids is 1. The van der Waals surface area contributed by atoms with Crippen LogP contribution in [-0.4, -0.2) is 24.3 Å². The van der Waals surface area contributed by atoms with E-state index in [0.29, 0.717) is 6.42 Å². The van der Waals surface area contributed by atoms with Gasteiger partial charge in [-0.05, 0) is 19.3 Å². The second kappa shape index (κ2) is 4.45. The van der Waals surface area contributed by atoms with Gasteiger partial charge in [-0.25, -0.2) is 0 Å². The van der Waals surface area contributed by atoms with E-state index in [1.54, 1.807) is 0 Å². The molecule has 1 fully saturated rings. The van der Waals surface area contributed by atoms with E-state index in [1.165, 1.54) is 7.11 Å². The normalized spacial score (nSPS) is 30.8. The summed E-state index contributed by atoms with van der Waals surface area (Å²) in [5.41, 5.74) is 0. The first kappa shape index (κ1) is 9.52. The van der Waals surface area contributed by atoms with Crippen LogP contribution in [0.15, 0.2) is 0 Å². The summed E-state index contributed by atoms with van der Waals surface area (Å²) < 4.78 is 4.64. The number of aliphatic hydroxyl groups excluding tert-OH is 1. The van der Waals surface area contributed by atoms with Gasteiger partial charge < -0.3 is 9.84 Å². The maximum absolute atomic E-state index is 11.1. The highest BCUT2D eigenvalue weighted by Gasteiger charge is 2.24. The quantitative estimate of drug-likeness (QED) is 0.476. The van der Waals surface area contributed by atoms with Crippen LogP contribution in [0, 0.1) is 5.92 Å². The van der Waals surface area contributed by atoms with Gasteiger partial charge in [-0.3, -0.25) is 4.79 Å². The van der Waals surface area contributed by atoms with Crippen molar-refractivity contribution in [2.75, 3.05) is 7.11 Å². The van der Waals surface area contributed by atoms with Crippen molar-refractivity contribution in [1.29, 1.82) is 0 Å². The number of hydrogen-bond donors (Lipinski definition) is 1. The zero-order valence-electron chi connectivity index (χ0n) is 7.45. The fourth-order valence-corrected chi connectivity index (χ4v) is 1.72. The maximum atomic E-state index is 11.1. The number of methoxy groups -OCH3 is 1. The van der Waals surface area contributed by atoms with Gasteiger partial charge in [-0.2, -0.15) is 0 Å². The largest absolute Gasteiger partial charge is 0.469 e. The van der Waals surface area contributed by atoms with Crippen molar-refractivity contribution in [2.24, 2.45) is 5.92 Å². The number of ether oxygens (including phenoxy) is 1. The molecule has 2 atom stereocenters.